The number of imidazole rings is 1. The van der Waals surface area contributed by atoms with Crippen LogP contribution in [0.1, 0.15) is 28.0 Å². The minimum Gasteiger partial charge on any atom is -0.453 e. The van der Waals surface area contributed by atoms with Gasteiger partial charge in [-0.3, -0.25) is 4.57 Å². The molecule has 3 heterocycles. The van der Waals surface area contributed by atoms with Gasteiger partial charge in [-0.2, -0.15) is 12.6 Å². The first-order valence-electron chi connectivity index (χ1n) is 10.8. The van der Waals surface area contributed by atoms with Crippen molar-refractivity contribution in [2.75, 3.05) is 11.5 Å². The van der Waals surface area contributed by atoms with E-state index in [0.29, 0.717) is 29.0 Å². The van der Waals surface area contributed by atoms with Crippen molar-refractivity contribution in [2.24, 2.45) is 0 Å². The molecule has 0 saturated carbocycles. The number of nitrogens with two attached hydrogens (primary N) is 1. The number of carbonyl (C=O) groups excluding carboxylic acids is 1. The smallest absolute Gasteiger partial charge is 0.338 e. The number of nitrogen functional groups attached to an aromatic ring is 1. The molecule has 1 fully saturated rings. The van der Waals surface area contributed by atoms with Gasteiger partial charge in [-0.15, -0.1) is 0 Å². The quantitative estimate of drug-likeness (QED) is 0.286. The number of esters is 1. The molecule has 3 N–H and O–H groups in total. The molecular weight excluding hydrogens is 454 g/mol. The highest BCUT2D eigenvalue weighted by Gasteiger charge is 2.47. The molecule has 0 radical (unpaired) electrons. The summed E-state index contributed by atoms with van der Waals surface area (Å²) >= 11 is 4.33. The zero-order chi connectivity index (χ0) is 23.7. The van der Waals surface area contributed by atoms with E-state index in [1.54, 1.807) is 34.9 Å². The number of benzene rings is 2. The van der Waals surface area contributed by atoms with E-state index in [1.807, 2.05) is 30.3 Å². The molecule has 34 heavy (non-hydrogen) atoms. The average Bonchev–Trinajstić information content (AvgIpc) is 3.41. The number of aliphatic hydroxyl groups is 1. The number of rotatable bonds is 6. The van der Waals surface area contributed by atoms with Crippen LogP contribution in [0.4, 0.5) is 5.82 Å². The molecule has 0 unspecified atom stereocenters. The Hall–Kier alpha value is -3.47. The number of carbonyl (C=O) groups is 1. The van der Waals surface area contributed by atoms with E-state index >= 15 is 0 Å². The normalized spacial score (nSPS) is 22.2. The zero-order valence-electron chi connectivity index (χ0n) is 18.1. The van der Waals surface area contributed by atoms with Crippen molar-refractivity contribution in [2.45, 2.75) is 31.0 Å². The van der Waals surface area contributed by atoms with Crippen LogP contribution in [0.5, 0.6) is 0 Å². The van der Waals surface area contributed by atoms with Crippen LogP contribution < -0.4 is 5.73 Å². The monoisotopic (exact) mass is 477 g/mol. The number of hydrogen-bond donors (Lipinski definition) is 3. The highest BCUT2D eigenvalue weighted by atomic mass is 32.1. The fraction of sp³-hybridized carbons (Fsp3) is 0.250. The van der Waals surface area contributed by atoms with Gasteiger partial charge in [0.25, 0.3) is 0 Å². The van der Waals surface area contributed by atoms with E-state index in [0.717, 1.165) is 5.56 Å². The van der Waals surface area contributed by atoms with Crippen molar-refractivity contribution in [3.8, 4) is 0 Å². The largest absolute Gasteiger partial charge is 0.453 e. The van der Waals surface area contributed by atoms with Crippen molar-refractivity contribution in [1.82, 2.24) is 19.5 Å². The Balaban J connectivity index is 1.44. The Labute approximate surface area is 201 Å². The van der Waals surface area contributed by atoms with Crippen LogP contribution in [0.15, 0.2) is 67.0 Å². The van der Waals surface area contributed by atoms with E-state index in [9.17, 15) is 9.90 Å². The summed E-state index contributed by atoms with van der Waals surface area (Å²) in [6.45, 7) is 0. The van der Waals surface area contributed by atoms with Crippen molar-refractivity contribution in [3.05, 3.63) is 83.9 Å². The first kappa shape index (κ1) is 22.3. The summed E-state index contributed by atoms with van der Waals surface area (Å²) in [6, 6.07) is 18.4. The molecule has 10 heteroatoms. The van der Waals surface area contributed by atoms with E-state index in [2.05, 4.69) is 27.6 Å². The number of aromatic nitrogens is 4. The second-order valence-corrected chi connectivity index (χ2v) is 8.35. The second kappa shape index (κ2) is 9.41. The second-order valence-electron chi connectivity index (χ2n) is 7.99. The summed E-state index contributed by atoms with van der Waals surface area (Å²) in [6.07, 6.45) is -1.64. The minimum atomic E-state index is -1.17. The molecule has 174 valence electrons. The van der Waals surface area contributed by atoms with Gasteiger partial charge in [0.2, 0.25) is 0 Å². The Morgan fingerprint density at radius 1 is 1.12 bits per heavy atom. The summed E-state index contributed by atoms with van der Waals surface area (Å²) < 4.78 is 13.3. The lowest BCUT2D eigenvalue weighted by Crippen LogP contribution is -2.37. The SMILES string of the molecule is Nc1nc(Cc2ccccc2)nc2c1ncn2[C@@H]1O[C@H](CS)[C@@H](OC(=O)c2ccccc2)[C@H]1O. The third kappa shape index (κ3) is 4.23. The Kier molecular flexibility index (Phi) is 6.18. The number of ether oxygens (including phenoxy) is 2. The van der Waals surface area contributed by atoms with Crippen molar-refractivity contribution < 1.29 is 19.4 Å². The van der Waals surface area contributed by atoms with E-state index in [1.165, 1.54) is 6.33 Å². The molecule has 2 aromatic heterocycles. The molecule has 4 aromatic rings. The van der Waals surface area contributed by atoms with E-state index < -0.39 is 30.5 Å². The topological polar surface area (TPSA) is 125 Å². The number of aliphatic hydroxyl groups excluding tert-OH is 1. The van der Waals surface area contributed by atoms with Gasteiger partial charge >= 0.3 is 5.97 Å². The summed E-state index contributed by atoms with van der Waals surface area (Å²) in [5.41, 5.74) is 8.40. The fourth-order valence-electron chi connectivity index (χ4n) is 4.04. The molecule has 9 nitrogen and oxygen atoms in total. The van der Waals surface area contributed by atoms with Crippen molar-refractivity contribution in [1.29, 1.82) is 0 Å². The lowest BCUT2D eigenvalue weighted by atomic mass is 10.1. The number of anilines is 1. The number of nitrogens with zero attached hydrogens (tertiary/aromatic N) is 4. The Bertz CT molecular complexity index is 1300. The maximum Gasteiger partial charge on any atom is 0.338 e. The fourth-order valence-corrected chi connectivity index (χ4v) is 4.33. The van der Waals surface area contributed by atoms with Crippen molar-refractivity contribution >= 4 is 35.6 Å². The van der Waals surface area contributed by atoms with Gasteiger partial charge in [0.15, 0.2) is 23.8 Å². The van der Waals surface area contributed by atoms with Crippen LogP contribution in [0.2, 0.25) is 0 Å². The van der Waals surface area contributed by atoms with Gasteiger partial charge < -0.3 is 20.3 Å². The molecule has 1 aliphatic heterocycles. The lowest BCUT2D eigenvalue weighted by molar-refractivity contribution is -0.0294. The molecule has 4 atom stereocenters. The molecule has 0 aliphatic carbocycles. The molecule has 5 rings (SSSR count). The van der Waals surface area contributed by atoms with E-state index in [-0.39, 0.29) is 11.6 Å². The molecule has 2 aromatic carbocycles. The first-order chi connectivity index (χ1) is 16.5. The van der Waals surface area contributed by atoms with Gasteiger partial charge in [-0.1, -0.05) is 48.5 Å². The Morgan fingerprint density at radius 2 is 1.82 bits per heavy atom. The summed E-state index contributed by atoms with van der Waals surface area (Å²) in [7, 11) is 0. The van der Waals surface area contributed by atoms with Crippen LogP contribution in [-0.2, 0) is 15.9 Å². The highest BCUT2D eigenvalue weighted by molar-refractivity contribution is 7.80. The first-order valence-corrected chi connectivity index (χ1v) is 11.4. The average molecular weight is 478 g/mol. The van der Waals surface area contributed by atoms with Crippen LogP contribution >= 0.6 is 12.6 Å². The molecule has 0 amide bonds. The third-order valence-electron chi connectivity index (χ3n) is 5.72. The standard InChI is InChI=1S/C24H23N5O4S/c25-21-18-22(28-17(27-21)11-14-7-3-1-4-8-14)29(13-26-18)23-19(30)20(16(12-34)32-23)33-24(31)15-9-5-2-6-10-15/h1-10,13,16,19-20,23,30,34H,11-12H2,(H2,25,27,28)/t16-,19-,20-,23-/m1/s1. The maximum absolute atomic E-state index is 12.6. The summed E-state index contributed by atoms with van der Waals surface area (Å²) in [4.78, 5) is 26.0. The number of fused-ring (bicyclic) bond motifs is 1. The zero-order valence-corrected chi connectivity index (χ0v) is 19.0. The van der Waals surface area contributed by atoms with Crippen molar-refractivity contribution in [3.63, 3.8) is 0 Å². The molecule has 1 aliphatic rings. The molecule has 0 spiro atoms. The lowest BCUT2D eigenvalue weighted by Gasteiger charge is -2.20. The Morgan fingerprint density at radius 3 is 2.53 bits per heavy atom. The predicted octanol–water partition coefficient (Wildman–Crippen LogP) is 2.41. The molecule has 1 saturated heterocycles. The summed E-state index contributed by atoms with van der Waals surface area (Å²) in [5.74, 6) is 0.444. The van der Waals surface area contributed by atoms with Gasteiger partial charge in [0.05, 0.1) is 11.9 Å². The minimum absolute atomic E-state index is 0.236. The van der Waals surface area contributed by atoms with Crippen LogP contribution in [0.25, 0.3) is 11.2 Å². The maximum atomic E-state index is 12.6. The van der Waals surface area contributed by atoms with Crippen LogP contribution in [0.3, 0.4) is 0 Å². The van der Waals surface area contributed by atoms with Gasteiger partial charge in [0, 0.05) is 12.2 Å². The van der Waals surface area contributed by atoms with Gasteiger partial charge in [-0.05, 0) is 17.7 Å². The van der Waals surface area contributed by atoms with Gasteiger partial charge in [0.1, 0.15) is 23.5 Å². The van der Waals surface area contributed by atoms with E-state index in [4.69, 9.17) is 15.2 Å². The highest BCUT2D eigenvalue weighted by Crippen LogP contribution is 2.34. The number of hydrogen-bond acceptors (Lipinski definition) is 9. The predicted molar refractivity (Wildman–Crippen MR) is 128 cm³/mol. The molecular formula is C24H23N5O4S. The van der Waals surface area contributed by atoms with Crippen LogP contribution in [0, 0.1) is 0 Å². The van der Waals surface area contributed by atoms with Crippen LogP contribution in [-0.4, -0.2) is 54.7 Å². The number of thiol groups is 1. The van der Waals surface area contributed by atoms with Gasteiger partial charge in [-0.25, -0.2) is 19.7 Å². The molecule has 0 bridgehead atoms. The summed E-state index contributed by atoms with van der Waals surface area (Å²) in [5, 5.41) is 11.1. The third-order valence-corrected chi connectivity index (χ3v) is 6.08.